The summed E-state index contributed by atoms with van der Waals surface area (Å²) in [7, 11) is -3.72. The first-order valence-corrected chi connectivity index (χ1v) is 13.4. The van der Waals surface area contributed by atoms with Crippen LogP contribution in [0.25, 0.3) is 11.2 Å². The van der Waals surface area contributed by atoms with Gasteiger partial charge >= 0.3 is 11.9 Å². The highest BCUT2D eigenvalue weighted by molar-refractivity contribution is 7.59. The molecule has 14 heteroatoms. The molecule has 0 aliphatic heterocycles. The Kier molecular flexibility index (Phi) is 8.47. The van der Waals surface area contributed by atoms with Crippen LogP contribution in [0.15, 0.2) is 12.7 Å². The number of nitrogens with two attached hydrogens (primary N) is 1. The number of ether oxygens (including phenoxy) is 2. The molecule has 2 aromatic rings. The third kappa shape index (κ3) is 6.97. The maximum atomic E-state index is 13.8. The lowest BCUT2D eigenvalue weighted by Crippen LogP contribution is -2.49. The van der Waals surface area contributed by atoms with Crippen molar-refractivity contribution in [2.75, 3.05) is 12.1 Å². The molecule has 3 rings (SSSR count). The van der Waals surface area contributed by atoms with E-state index in [1.54, 1.807) is 17.8 Å². The molecule has 5 N–H and O–H groups in total. The van der Waals surface area contributed by atoms with Crippen LogP contribution in [0.3, 0.4) is 0 Å². The average Bonchev–Trinajstić information content (AvgIpc) is 3.43. The van der Waals surface area contributed by atoms with E-state index < -0.39 is 37.1 Å². The highest BCUT2D eigenvalue weighted by Gasteiger charge is 2.38. The van der Waals surface area contributed by atoms with Crippen molar-refractivity contribution in [3.05, 3.63) is 12.7 Å². The fraction of sp³-hybridized carbons (Fsp3) is 0.667. The molecule has 0 unspecified atom stereocenters. The second-order valence-corrected chi connectivity index (χ2v) is 11.6. The number of aromatic nitrogens is 4. The molecule has 2 heterocycles. The van der Waals surface area contributed by atoms with Crippen LogP contribution >= 0.6 is 7.44 Å². The van der Waals surface area contributed by atoms with Gasteiger partial charge in [0, 0.05) is 0 Å². The van der Waals surface area contributed by atoms with E-state index in [9.17, 15) is 19.3 Å². The van der Waals surface area contributed by atoms with Crippen LogP contribution in [0.1, 0.15) is 53.4 Å². The first-order valence-electron chi connectivity index (χ1n) is 11.5. The lowest BCUT2D eigenvalue weighted by atomic mass is 10.1. The Morgan fingerprint density at radius 2 is 1.97 bits per heavy atom. The zero-order valence-electron chi connectivity index (χ0n) is 20.4. The molecule has 0 saturated heterocycles. The van der Waals surface area contributed by atoms with Crippen molar-refractivity contribution < 1.29 is 28.7 Å². The second kappa shape index (κ2) is 11.0. The van der Waals surface area contributed by atoms with Gasteiger partial charge in [0.15, 0.2) is 11.5 Å². The number of esters is 1. The molecule has 0 amide bonds. The van der Waals surface area contributed by atoms with E-state index in [-0.39, 0.29) is 18.3 Å². The summed E-state index contributed by atoms with van der Waals surface area (Å²) in [6.07, 6.45) is 5.54. The number of carbonyl (C=O) groups excluding carboxylic acids is 1. The molecule has 0 bridgehead atoms. The number of rotatable bonds is 12. The normalized spacial score (nSPS) is 18.3. The molecule has 1 saturated carbocycles. The van der Waals surface area contributed by atoms with Crippen LogP contribution in [0.4, 0.5) is 5.82 Å². The van der Waals surface area contributed by atoms with Gasteiger partial charge in [0.25, 0.3) is 0 Å². The largest absolute Gasteiger partial charge is 0.480 e. The summed E-state index contributed by atoms with van der Waals surface area (Å²) in [5, 5.41) is 14.9. The zero-order chi connectivity index (χ0) is 25.8. The molecule has 0 aromatic carbocycles. The monoisotopic (exact) mass is 511 g/mol. The summed E-state index contributed by atoms with van der Waals surface area (Å²) >= 11 is 0. The molecule has 13 nitrogen and oxygen atoms in total. The number of carboxylic acid groups (broad SMARTS) is 1. The van der Waals surface area contributed by atoms with E-state index in [0.717, 1.165) is 25.7 Å². The van der Waals surface area contributed by atoms with E-state index in [4.69, 9.17) is 15.2 Å². The highest BCUT2D eigenvalue weighted by Crippen LogP contribution is 2.40. The predicted octanol–water partition coefficient (Wildman–Crippen LogP) is 1.88. The van der Waals surface area contributed by atoms with Gasteiger partial charge in [-0.3, -0.25) is 14.2 Å². The minimum Gasteiger partial charge on any atom is -0.480 e. The van der Waals surface area contributed by atoms with Gasteiger partial charge in [0.2, 0.25) is 7.44 Å². The molecule has 1 fully saturated rings. The minimum atomic E-state index is -3.72. The van der Waals surface area contributed by atoms with Gasteiger partial charge in [-0.25, -0.2) is 25.1 Å². The molecule has 194 valence electrons. The summed E-state index contributed by atoms with van der Waals surface area (Å²) in [6, 6.07) is -0.935. The number of hydrogen-bond acceptors (Lipinski definition) is 9. The van der Waals surface area contributed by atoms with E-state index in [1.807, 2.05) is 0 Å². The molecule has 3 atom stereocenters. The van der Waals surface area contributed by atoms with Crippen LogP contribution in [0.5, 0.6) is 0 Å². The van der Waals surface area contributed by atoms with Gasteiger partial charge in [-0.05, 0) is 53.4 Å². The first kappa shape index (κ1) is 27.0. The van der Waals surface area contributed by atoms with E-state index >= 15 is 0 Å². The van der Waals surface area contributed by atoms with Gasteiger partial charge < -0.3 is 24.9 Å². The van der Waals surface area contributed by atoms with Crippen molar-refractivity contribution in [1.82, 2.24) is 29.7 Å². The van der Waals surface area contributed by atoms with E-state index in [1.165, 1.54) is 27.1 Å². The van der Waals surface area contributed by atoms with Crippen molar-refractivity contribution in [3.8, 4) is 0 Å². The number of nitrogen functional groups attached to an aromatic ring is 1. The number of imidazole rings is 1. The predicted molar refractivity (Wildman–Crippen MR) is 129 cm³/mol. The highest BCUT2D eigenvalue weighted by atomic mass is 31.2. The molecular weight excluding hydrogens is 477 g/mol. The van der Waals surface area contributed by atoms with Crippen molar-refractivity contribution in [1.29, 1.82) is 0 Å². The summed E-state index contributed by atoms with van der Waals surface area (Å²) < 4.78 is 26.8. The molecule has 35 heavy (non-hydrogen) atoms. The molecule has 1 aliphatic rings. The third-order valence-corrected chi connectivity index (χ3v) is 8.00. The third-order valence-electron chi connectivity index (χ3n) is 5.76. The van der Waals surface area contributed by atoms with E-state index in [2.05, 4.69) is 25.1 Å². The van der Waals surface area contributed by atoms with Crippen LogP contribution in [0, 0.1) is 0 Å². The Morgan fingerprint density at radius 1 is 1.29 bits per heavy atom. The van der Waals surface area contributed by atoms with Crippen molar-refractivity contribution in [2.24, 2.45) is 0 Å². The molecule has 0 spiro atoms. The lowest BCUT2D eigenvalue weighted by Gasteiger charge is -2.31. The number of fused-ring (bicyclic) bond motifs is 1. The Bertz CT molecular complexity index is 1100. The Morgan fingerprint density at radius 3 is 2.63 bits per heavy atom. The Hall–Kier alpha value is -2.60. The van der Waals surface area contributed by atoms with Crippen molar-refractivity contribution in [3.63, 3.8) is 0 Å². The van der Waals surface area contributed by atoms with Gasteiger partial charge in [-0.15, -0.1) is 0 Å². The van der Waals surface area contributed by atoms with E-state index in [0.29, 0.717) is 17.7 Å². The zero-order valence-corrected chi connectivity index (χ0v) is 21.3. The molecular formula is C21H34N7O6P. The van der Waals surface area contributed by atoms with Gasteiger partial charge in [0.1, 0.15) is 35.9 Å². The quantitative estimate of drug-likeness (QED) is 0.240. The Labute approximate surface area is 203 Å². The number of hydrogen-bond donors (Lipinski definition) is 4. The van der Waals surface area contributed by atoms with Crippen molar-refractivity contribution >= 4 is 36.4 Å². The van der Waals surface area contributed by atoms with Crippen LogP contribution in [-0.4, -0.2) is 66.7 Å². The number of anilines is 1. The molecule has 1 aliphatic carbocycles. The number of carbonyl (C=O) groups is 2. The summed E-state index contributed by atoms with van der Waals surface area (Å²) in [4.78, 5) is 36.5. The van der Waals surface area contributed by atoms with Crippen LogP contribution < -0.4 is 15.9 Å². The van der Waals surface area contributed by atoms with Crippen LogP contribution in [-0.2, 0) is 30.2 Å². The fourth-order valence-electron chi connectivity index (χ4n) is 3.83. The SMILES string of the molecule is C[C@H](Cn1cnc2c(N)ncnc21)OC[P@](=O)(N[C@H](C)C(=O)OC1CCCC1)NC(C)(C)C(=O)O. The fourth-order valence-corrected chi connectivity index (χ4v) is 6.23. The van der Waals surface area contributed by atoms with Gasteiger partial charge in [0.05, 0.1) is 19.0 Å². The number of carboxylic acids is 1. The smallest absolute Gasteiger partial charge is 0.323 e. The number of aliphatic carboxylic acids is 1. The molecule has 0 radical (unpaired) electrons. The summed E-state index contributed by atoms with van der Waals surface area (Å²) in [5.41, 5.74) is 5.28. The van der Waals surface area contributed by atoms with Crippen molar-refractivity contribution in [2.45, 2.75) is 83.7 Å². The lowest BCUT2D eigenvalue weighted by molar-refractivity contribution is -0.150. The summed E-state index contributed by atoms with van der Waals surface area (Å²) in [5.74, 6) is -1.48. The van der Waals surface area contributed by atoms with Gasteiger partial charge in [-0.1, -0.05) is 0 Å². The minimum absolute atomic E-state index is 0.145. The topological polar surface area (TPSA) is 184 Å². The average molecular weight is 512 g/mol. The first-order chi connectivity index (χ1) is 16.4. The number of nitrogens with one attached hydrogen (secondary N) is 2. The van der Waals surface area contributed by atoms with Crippen LogP contribution in [0.2, 0.25) is 0 Å². The second-order valence-electron chi connectivity index (χ2n) is 9.41. The maximum absolute atomic E-state index is 13.8. The number of nitrogens with zero attached hydrogens (tertiary/aromatic N) is 4. The van der Waals surface area contributed by atoms with Gasteiger partial charge in [-0.2, -0.15) is 0 Å². The molecule has 2 aromatic heterocycles. The standard InChI is InChI=1S/C21H34N7O6P/c1-13(9-28-11-25-16-17(22)23-10-24-18(16)28)33-12-35(32,27-21(3,4)20(30)31)26-14(2)19(29)34-15-7-5-6-8-15/h10-11,13-15H,5-9,12H2,1-4H3,(H,30,31)(H2,22,23,24)(H2,26,27,32)/t13-,14-,35+/m1/s1. The Balaban J connectivity index is 1.68. The summed E-state index contributed by atoms with van der Waals surface area (Å²) in [6.45, 7) is 6.38. The maximum Gasteiger partial charge on any atom is 0.323 e.